The van der Waals surface area contributed by atoms with Gasteiger partial charge in [0.25, 0.3) is 5.91 Å². The van der Waals surface area contributed by atoms with Crippen LogP contribution in [0.5, 0.6) is 5.75 Å². The zero-order chi connectivity index (χ0) is 17.4. The van der Waals surface area contributed by atoms with Gasteiger partial charge in [-0.3, -0.25) is 9.78 Å². The maximum Gasteiger partial charge on any atom is 0.253 e. The van der Waals surface area contributed by atoms with Crippen molar-refractivity contribution in [3.63, 3.8) is 0 Å². The molecule has 1 amide bonds. The Morgan fingerprint density at radius 1 is 1.28 bits per heavy atom. The second kappa shape index (κ2) is 6.37. The summed E-state index contributed by atoms with van der Waals surface area (Å²) in [6.07, 6.45) is 2.26. The van der Waals surface area contributed by atoms with Crippen molar-refractivity contribution in [2.45, 2.75) is 44.1 Å². The summed E-state index contributed by atoms with van der Waals surface area (Å²) in [4.78, 5) is 16.7. The first-order valence-electron chi connectivity index (χ1n) is 8.56. The predicted molar refractivity (Wildman–Crippen MR) is 93.7 cm³/mol. The fourth-order valence-electron chi connectivity index (χ4n) is 3.63. The number of aryl methyl sites for hydroxylation is 1. The molecule has 4 atom stereocenters. The highest BCUT2D eigenvalue weighted by molar-refractivity contribution is 5.95. The molecule has 1 aliphatic carbocycles. The average Bonchev–Trinajstić information content (AvgIpc) is 2.63. The van der Waals surface area contributed by atoms with Crippen LogP contribution in [-0.4, -0.2) is 40.3 Å². The number of ether oxygens (including phenoxy) is 1. The van der Waals surface area contributed by atoms with Crippen LogP contribution in [0.4, 0.5) is 5.69 Å². The van der Waals surface area contributed by atoms with E-state index in [9.17, 15) is 9.90 Å². The van der Waals surface area contributed by atoms with Crippen molar-refractivity contribution < 1.29 is 14.6 Å². The van der Waals surface area contributed by atoms with Gasteiger partial charge >= 0.3 is 0 Å². The molecule has 0 spiro atoms. The lowest BCUT2D eigenvalue weighted by molar-refractivity contribution is 0.00958. The summed E-state index contributed by atoms with van der Waals surface area (Å²) in [7, 11) is 0. The van der Waals surface area contributed by atoms with Crippen molar-refractivity contribution in [1.29, 1.82) is 0 Å². The molecule has 3 N–H and O–H groups in total. The number of benzene rings is 1. The summed E-state index contributed by atoms with van der Waals surface area (Å²) >= 11 is 0. The number of amides is 1. The molecule has 0 saturated heterocycles. The van der Waals surface area contributed by atoms with Crippen molar-refractivity contribution in [2.24, 2.45) is 0 Å². The first-order chi connectivity index (χ1) is 12.1. The van der Waals surface area contributed by atoms with Gasteiger partial charge in [0.2, 0.25) is 0 Å². The van der Waals surface area contributed by atoms with Crippen LogP contribution < -0.4 is 15.4 Å². The van der Waals surface area contributed by atoms with Crippen LogP contribution in [0.3, 0.4) is 0 Å². The van der Waals surface area contributed by atoms with E-state index in [1.165, 1.54) is 0 Å². The van der Waals surface area contributed by atoms with Crippen molar-refractivity contribution >= 4 is 11.6 Å². The minimum absolute atomic E-state index is 0.0989. The zero-order valence-corrected chi connectivity index (χ0v) is 14.0. The van der Waals surface area contributed by atoms with Gasteiger partial charge in [-0.15, -0.1) is 0 Å². The number of nitrogens with zero attached hydrogens (tertiary/aromatic N) is 1. The minimum Gasteiger partial charge on any atom is -0.486 e. The number of aromatic nitrogens is 1. The number of nitrogens with one attached hydrogen (secondary N) is 2. The second-order valence-electron chi connectivity index (χ2n) is 6.61. The van der Waals surface area contributed by atoms with Crippen LogP contribution in [0.2, 0.25) is 0 Å². The molecule has 1 aliphatic heterocycles. The Balaban J connectivity index is 1.49. The molecule has 0 radical (unpaired) electrons. The highest BCUT2D eigenvalue weighted by atomic mass is 16.5. The molecule has 130 valence electrons. The van der Waals surface area contributed by atoms with Gasteiger partial charge in [0.15, 0.2) is 0 Å². The summed E-state index contributed by atoms with van der Waals surface area (Å²) in [5, 5.41) is 17.1. The number of aliphatic hydroxyl groups excluding tert-OH is 1. The lowest BCUT2D eigenvalue weighted by Gasteiger charge is -2.44. The fourth-order valence-corrected chi connectivity index (χ4v) is 3.63. The summed E-state index contributed by atoms with van der Waals surface area (Å²) in [6.45, 7) is 1.80. The summed E-state index contributed by atoms with van der Waals surface area (Å²) in [6, 6.07) is 10.6. The van der Waals surface area contributed by atoms with E-state index in [4.69, 9.17) is 4.74 Å². The smallest absolute Gasteiger partial charge is 0.253 e. The van der Waals surface area contributed by atoms with Gasteiger partial charge in [0.1, 0.15) is 11.9 Å². The van der Waals surface area contributed by atoms with Gasteiger partial charge in [-0.05, 0) is 44.0 Å². The van der Waals surface area contributed by atoms with E-state index in [1.54, 1.807) is 25.3 Å². The number of pyridine rings is 1. The van der Waals surface area contributed by atoms with Crippen LogP contribution in [-0.2, 0) is 0 Å². The van der Waals surface area contributed by atoms with E-state index in [0.29, 0.717) is 17.7 Å². The Bertz CT molecular complexity index is 795. The minimum atomic E-state index is -0.729. The molecule has 0 unspecified atom stereocenters. The van der Waals surface area contributed by atoms with Crippen molar-refractivity contribution in [2.75, 3.05) is 5.32 Å². The van der Waals surface area contributed by atoms with Gasteiger partial charge in [0.05, 0.1) is 29.4 Å². The van der Waals surface area contributed by atoms with E-state index in [-0.39, 0.29) is 24.1 Å². The third-order valence-electron chi connectivity index (χ3n) is 5.00. The van der Waals surface area contributed by atoms with Crippen molar-refractivity contribution in [3.05, 3.63) is 53.9 Å². The number of rotatable bonds is 2. The molecule has 1 aromatic heterocycles. The zero-order valence-electron chi connectivity index (χ0n) is 14.0. The van der Waals surface area contributed by atoms with Gasteiger partial charge in [0, 0.05) is 11.9 Å². The molecule has 1 aromatic carbocycles. The van der Waals surface area contributed by atoms with Crippen molar-refractivity contribution in [1.82, 2.24) is 10.3 Å². The molecule has 6 nitrogen and oxygen atoms in total. The standard InChI is InChI=1S/C19H21N3O3/c1-11-12(5-4-10-20-11)19(24)22-14-8-9-16-17(18(14)23)21-13-6-2-3-7-15(13)25-16/h2-7,10,14,16-18,21,23H,8-9H2,1H3,(H,22,24)/t14-,16-,17-,18-/m1/s1. The molecule has 1 saturated carbocycles. The Labute approximate surface area is 146 Å². The van der Waals surface area contributed by atoms with Gasteiger partial charge in [-0.2, -0.15) is 0 Å². The number of fused-ring (bicyclic) bond motifs is 2. The van der Waals surface area contributed by atoms with E-state index >= 15 is 0 Å². The average molecular weight is 339 g/mol. The predicted octanol–water partition coefficient (Wildman–Crippen LogP) is 1.88. The highest BCUT2D eigenvalue weighted by Gasteiger charge is 2.43. The summed E-state index contributed by atoms with van der Waals surface area (Å²) in [5.74, 6) is 0.606. The molecule has 0 bridgehead atoms. The number of carbonyl (C=O) groups excluding carboxylic acids is 1. The number of hydrogen-bond acceptors (Lipinski definition) is 5. The maximum atomic E-state index is 12.5. The third kappa shape index (κ3) is 2.93. The number of aliphatic hydroxyl groups is 1. The lowest BCUT2D eigenvalue weighted by Crippen LogP contribution is -2.61. The van der Waals surface area contributed by atoms with Crippen LogP contribution in [0, 0.1) is 6.92 Å². The summed E-state index contributed by atoms with van der Waals surface area (Å²) in [5.41, 5.74) is 2.09. The Morgan fingerprint density at radius 3 is 2.96 bits per heavy atom. The Morgan fingerprint density at radius 2 is 2.12 bits per heavy atom. The van der Waals surface area contributed by atoms with Crippen LogP contribution >= 0.6 is 0 Å². The molecular weight excluding hydrogens is 318 g/mol. The number of para-hydroxylation sites is 2. The van der Waals surface area contributed by atoms with Gasteiger partial charge in [-0.25, -0.2) is 0 Å². The highest BCUT2D eigenvalue weighted by Crippen LogP contribution is 2.36. The first kappa shape index (κ1) is 15.9. The fraction of sp³-hybridized carbons (Fsp3) is 0.368. The van der Waals surface area contributed by atoms with Crippen LogP contribution in [0.15, 0.2) is 42.6 Å². The monoisotopic (exact) mass is 339 g/mol. The second-order valence-corrected chi connectivity index (χ2v) is 6.61. The van der Waals surface area contributed by atoms with E-state index in [2.05, 4.69) is 15.6 Å². The molecule has 4 rings (SSSR count). The molecule has 2 aromatic rings. The number of carbonyl (C=O) groups is 1. The SMILES string of the molecule is Cc1ncccc1C(=O)N[C@@H]1CC[C@H]2Oc3ccccc3N[C@H]2[C@@H]1O. The number of anilines is 1. The van der Waals surface area contributed by atoms with Crippen LogP contribution in [0.25, 0.3) is 0 Å². The molecular formula is C19H21N3O3. The molecule has 2 heterocycles. The summed E-state index contributed by atoms with van der Waals surface area (Å²) < 4.78 is 6.02. The Hall–Kier alpha value is -2.60. The van der Waals surface area contributed by atoms with Crippen LogP contribution in [0.1, 0.15) is 28.9 Å². The number of hydrogen-bond donors (Lipinski definition) is 3. The third-order valence-corrected chi connectivity index (χ3v) is 5.00. The molecule has 1 fully saturated rings. The largest absolute Gasteiger partial charge is 0.486 e. The lowest BCUT2D eigenvalue weighted by atomic mass is 9.84. The molecule has 6 heteroatoms. The molecule has 2 aliphatic rings. The van der Waals surface area contributed by atoms with E-state index in [1.807, 2.05) is 24.3 Å². The Kier molecular flexibility index (Phi) is 4.05. The maximum absolute atomic E-state index is 12.5. The normalized spacial score (nSPS) is 27.3. The van der Waals surface area contributed by atoms with Gasteiger partial charge in [-0.1, -0.05) is 12.1 Å². The van der Waals surface area contributed by atoms with Crippen molar-refractivity contribution in [3.8, 4) is 5.75 Å². The van der Waals surface area contributed by atoms with E-state index < -0.39 is 6.10 Å². The first-order valence-corrected chi connectivity index (χ1v) is 8.56. The quantitative estimate of drug-likeness (QED) is 0.778. The van der Waals surface area contributed by atoms with Gasteiger partial charge < -0.3 is 20.5 Å². The topological polar surface area (TPSA) is 83.5 Å². The van der Waals surface area contributed by atoms with E-state index in [0.717, 1.165) is 17.9 Å². The molecule has 25 heavy (non-hydrogen) atoms.